The smallest absolute Gasteiger partial charge is 0.275 e. The van der Waals surface area contributed by atoms with Crippen molar-refractivity contribution >= 4 is 10.0 Å². The first-order valence-corrected chi connectivity index (χ1v) is 8.49. The Balaban J connectivity index is 1.95. The summed E-state index contributed by atoms with van der Waals surface area (Å²) in [5.41, 5.74) is 0.901. The van der Waals surface area contributed by atoms with Crippen molar-refractivity contribution in [1.82, 2.24) is 9.71 Å². The molecule has 1 aromatic heterocycles. The molecule has 0 saturated heterocycles. The average molecular weight is 314 g/mol. The summed E-state index contributed by atoms with van der Waals surface area (Å²) in [6.07, 6.45) is 4.81. The van der Waals surface area contributed by atoms with Crippen LogP contribution < -0.4 is 4.72 Å². The molecular weight excluding hydrogens is 292 g/mol. The van der Waals surface area contributed by atoms with Gasteiger partial charge in [0.2, 0.25) is 5.89 Å². The van der Waals surface area contributed by atoms with Crippen LogP contribution in [0.1, 0.15) is 39.5 Å². The molecule has 6 nitrogen and oxygen atoms in total. The fourth-order valence-corrected chi connectivity index (χ4v) is 2.83. The fraction of sp³-hybridized carbons (Fsp3) is 0.643. The second kappa shape index (κ2) is 6.29. The number of oxazole rings is 1. The molecule has 2 heterocycles. The summed E-state index contributed by atoms with van der Waals surface area (Å²) >= 11 is 0. The second-order valence-corrected chi connectivity index (χ2v) is 7.77. The second-order valence-electron chi connectivity index (χ2n) is 6.07. The van der Waals surface area contributed by atoms with Crippen LogP contribution in [0.25, 0.3) is 0 Å². The number of hydrogen-bond acceptors (Lipinski definition) is 5. The van der Waals surface area contributed by atoms with Crippen LogP contribution in [0.3, 0.4) is 0 Å². The molecule has 0 amide bonds. The van der Waals surface area contributed by atoms with E-state index in [1.165, 1.54) is 11.8 Å². The highest BCUT2D eigenvalue weighted by Crippen LogP contribution is 2.23. The third-order valence-electron chi connectivity index (χ3n) is 3.19. The Morgan fingerprint density at radius 2 is 2.14 bits per heavy atom. The van der Waals surface area contributed by atoms with Crippen molar-refractivity contribution in [3.05, 3.63) is 23.7 Å². The Kier molecular flexibility index (Phi) is 4.85. The number of nitrogens with zero attached hydrogens (tertiary/aromatic N) is 1. The third-order valence-corrected chi connectivity index (χ3v) is 4.49. The summed E-state index contributed by atoms with van der Waals surface area (Å²) in [6.45, 7) is 7.41. The molecule has 0 aliphatic carbocycles. The molecular formula is C14H22N2O4S. The summed E-state index contributed by atoms with van der Waals surface area (Å²) in [6, 6.07) is 0. The minimum Gasteiger partial charge on any atom is -0.427 e. The van der Waals surface area contributed by atoms with Gasteiger partial charge in [-0.2, -0.15) is 0 Å². The predicted octanol–water partition coefficient (Wildman–Crippen LogP) is 1.99. The molecule has 2 rings (SSSR count). The Labute approximate surface area is 125 Å². The molecule has 1 aliphatic heterocycles. The van der Waals surface area contributed by atoms with Crippen molar-refractivity contribution in [2.75, 3.05) is 19.8 Å². The third kappa shape index (κ3) is 4.39. The lowest BCUT2D eigenvalue weighted by atomic mass is 9.97. The van der Waals surface area contributed by atoms with Gasteiger partial charge in [0, 0.05) is 12.0 Å². The van der Waals surface area contributed by atoms with Gasteiger partial charge in [-0.05, 0) is 12.8 Å². The molecule has 1 aromatic rings. The van der Waals surface area contributed by atoms with Crippen LogP contribution in [0.5, 0.6) is 0 Å². The van der Waals surface area contributed by atoms with Gasteiger partial charge in [0.15, 0.2) is 0 Å². The number of rotatable bonds is 5. The highest BCUT2D eigenvalue weighted by molar-refractivity contribution is 7.89. The van der Waals surface area contributed by atoms with Crippen LogP contribution in [-0.4, -0.2) is 33.2 Å². The molecule has 0 aromatic carbocycles. The van der Waals surface area contributed by atoms with E-state index in [1.807, 2.05) is 26.8 Å². The molecule has 0 radical (unpaired) electrons. The molecule has 0 atom stereocenters. The molecule has 0 bridgehead atoms. The maximum absolute atomic E-state index is 12.1. The molecule has 21 heavy (non-hydrogen) atoms. The van der Waals surface area contributed by atoms with Gasteiger partial charge in [-0.3, -0.25) is 0 Å². The Morgan fingerprint density at radius 3 is 2.71 bits per heavy atom. The van der Waals surface area contributed by atoms with Gasteiger partial charge >= 0.3 is 0 Å². The van der Waals surface area contributed by atoms with E-state index >= 15 is 0 Å². The minimum atomic E-state index is -3.64. The Bertz CT molecular complexity index is 611. The van der Waals surface area contributed by atoms with E-state index in [2.05, 4.69) is 9.71 Å². The van der Waals surface area contributed by atoms with Crippen LogP contribution in [0, 0.1) is 0 Å². The van der Waals surface area contributed by atoms with Crippen molar-refractivity contribution in [2.24, 2.45) is 0 Å². The first-order chi connectivity index (χ1) is 9.79. The molecule has 0 fully saturated rings. The zero-order valence-corrected chi connectivity index (χ0v) is 13.5. The highest BCUT2D eigenvalue weighted by atomic mass is 32.2. The van der Waals surface area contributed by atoms with E-state index in [0.29, 0.717) is 32.1 Å². The number of hydrogen-bond donors (Lipinski definition) is 1. The monoisotopic (exact) mass is 314 g/mol. The highest BCUT2D eigenvalue weighted by Gasteiger charge is 2.25. The Hall–Kier alpha value is -1.18. The van der Waals surface area contributed by atoms with Crippen molar-refractivity contribution < 1.29 is 17.6 Å². The van der Waals surface area contributed by atoms with Crippen molar-refractivity contribution in [3.8, 4) is 0 Å². The molecule has 0 spiro atoms. The van der Waals surface area contributed by atoms with Crippen LogP contribution in [-0.2, 0) is 20.2 Å². The lowest BCUT2D eigenvalue weighted by Gasteiger charge is -2.13. The fourth-order valence-electron chi connectivity index (χ4n) is 1.94. The van der Waals surface area contributed by atoms with Crippen molar-refractivity contribution in [3.63, 3.8) is 0 Å². The standard InChI is InChI=1S/C14H22N2O4S/c1-14(2,3)13-15-10-12(20-13)21(17,18)16-7-4-11-5-8-19-9-6-11/h5,10,16H,4,6-9H2,1-3H3. The first-order valence-electron chi connectivity index (χ1n) is 7.01. The van der Waals surface area contributed by atoms with Gasteiger partial charge in [-0.1, -0.05) is 32.4 Å². The van der Waals surface area contributed by atoms with Gasteiger partial charge in [-0.15, -0.1) is 0 Å². The maximum Gasteiger partial charge on any atom is 0.275 e. The Morgan fingerprint density at radius 1 is 1.38 bits per heavy atom. The topological polar surface area (TPSA) is 81.4 Å². The van der Waals surface area contributed by atoms with Crippen LogP contribution in [0.2, 0.25) is 0 Å². The zero-order valence-electron chi connectivity index (χ0n) is 12.7. The number of nitrogens with one attached hydrogen (secondary N) is 1. The van der Waals surface area contributed by atoms with E-state index in [4.69, 9.17) is 9.15 Å². The maximum atomic E-state index is 12.1. The van der Waals surface area contributed by atoms with Gasteiger partial charge in [0.1, 0.15) is 0 Å². The molecule has 0 saturated carbocycles. The number of aromatic nitrogens is 1. The van der Waals surface area contributed by atoms with Gasteiger partial charge in [0.25, 0.3) is 15.1 Å². The number of ether oxygens (including phenoxy) is 1. The summed E-state index contributed by atoms with van der Waals surface area (Å²) in [4.78, 5) is 4.04. The van der Waals surface area contributed by atoms with Crippen molar-refractivity contribution in [1.29, 1.82) is 0 Å². The molecule has 1 aliphatic rings. The van der Waals surface area contributed by atoms with E-state index < -0.39 is 10.0 Å². The van der Waals surface area contributed by atoms with Gasteiger partial charge in [0.05, 0.1) is 19.4 Å². The van der Waals surface area contributed by atoms with Crippen molar-refractivity contribution in [2.45, 2.75) is 44.1 Å². The molecule has 118 valence electrons. The predicted molar refractivity (Wildman–Crippen MR) is 78.5 cm³/mol. The van der Waals surface area contributed by atoms with E-state index in [1.54, 1.807) is 0 Å². The van der Waals surface area contributed by atoms with E-state index in [0.717, 1.165) is 6.42 Å². The molecule has 7 heteroatoms. The SMILES string of the molecule is CC(C)(C)c1ncc(S(=O)(=O)NCCC2=CCOCC2)o1. The quantitative estimate of drug-likeness (QED) is 0.841. The lowest BCUT2D eigenvalue weighted by Crippen LogP contribution is -2.25. The first kappa shape index (κ1) is 16.2. The zero-order chi connectivity index (χ0) is 15.5. The summed E-state index contributed by atoms with van der Waals surface area (Å²) in [5.74, 6) is 0.412. The van der Waals surface area contributed by atoms with Gasteiger partial charge < -0.3 is 9.15 Å². The van der Waals surface area contributed by atoms with Crippen LogP contribution in [0.4, 0.5) is 0 Å². The normalized spacial score (nSPS) is 16.8. The minimum absolute atomic E-state index is 0.131. The van der Waals surface area contributed by atoms with E-state index in [-0.39, 0.29) is 10.5 Å². The average Bonchev–Trinajstić information content (AvgIpc) is 2.90. The number of sulfonamides is 1. The van der Waals surface area contributed by atoms with Crippen LogP contribution >= 0.6 is 0 Å². The van der Waals surface area contributed by atoms with Crippen LogP contribution in [0.15, 0.2) is 27.4 Å². The summed E-state index contributed by atoms with van der Waals surface area (Å²) in [7, 11) is -3.64. The molecule has 1 N–H and O–H groups in total. The summed E-state index contributed by atoms with van der Waals surface area (Å²) < 4.78 is 37.4. The largest absolute Gasteiger partial charge is 0.427 e. The molecule has 0 unspecified atom stereocenters. The summed E-state index contributed by atoms with van der Waals surface area (Å²) in [5, 5.41) is -0.131. The van der Waals surface area contributed by atoms with Gasteiger partial charge in [-0.25, -0.2) is 18.1 Å². The van der Waals surface area contributed by atoms with E-state index in [9.17, 15) is 8.42 Å². The lowest BCUT2D eigenvalue weighted by molar-refractivity contribution is 0.153.